The predicted molar refractivity (Wildman–Crippen MR) is 82.5 cm³/mol. The minimum Gasteiger partial charge on any atom is -0.459 e. The predicted octanol–water partition coefficient (Wildman–Crippen LogP) is 4.65. The van der Waals surface area contributed by atoms with Gasteiger partial charge in [0.15, 0.2) is 6.61 Å². The number of carbonyl (C=O) groups excluding carboxylic acids is 2. The SMILES string of the molecule is CCc1cccc(OC(=O)CCC(=O)OCC(F)(F)C(F)(F)C(F)(F)C(F)F)c1. The Morgan fingerprint density at radius 3 is 2.14 bits per heavy atom. The molecule has 0 aliphatic heterocycles. The van der Waals surface area contributed by atoms with E-state index in [9.17, 15) is 44.7 Å². The molecule has 1 aromatic rings. The van der Waals surface area contributed by atoms with E-state index in [4.69, 9.17) is 4.74 Å². The molecule has 0 N–H and O–H groups in total. The second-order valence-corrected chi connectivity index (χ2v) is 5.84. The molecule has 0 amide bonds. The van der Waals surface area contributed by atoms with Crippen molar-refractivity contribution in [1.82, 2.24) is 0 Å². The summed E-state index contributed by atoms with van der Waals surface area (Å²) in [6.07, 6.45) is -6.01. The van der Waals surface area contributed by atoms with Gasteiger partial charge in [0.1, 0.15) is 5.75 Å². The van der Waals surface area contributed by atoms with Crippen molar-refractivity contribution in [3.8, 4) is 5.75 Å². The fourth-order valence-electron chi connectivity index (χ4n) is 1.93. The van der Waals surface area contributed by atoms with Crippen LogP contribution in [-0.4, -0.2) is 42.7 Å². The first-order chi connectivity index (χ1) is 13.2. The summed E-state index contributed by atoms with van der Waals surface area (Å²) in [7, 11) is 0. The van der Waals surface area contributed by atoms with Crippen molar-refractivity contribution in [2.24, 2.45) is 0 Å². The average molecular weight is 436 g/mol. The lowest BCUT2D eigenvalue weighted by atomic mass is 10.1. The van der Waals surface area contributed by atoms with E-state index >= 15 is 0 Å². The molecular weight excluding hydrogens is 420 g/mol. The van der Waals surface area contributed by atoms with Crippen LogP contribution in [-0.2, 0) is 20.7 Å². The van der Waals surface area contributed by atoms with Crippen LogP contribution in [0.3, 0.4) is 0 Å². The number of hydrogen-bond acceptors (Lipinski definition) is 4. The normalized spacial score (nSPS) is 12.8. The van der Waals surface area contributed by atoms with Gasteiger partial charge >= 0.3 is 36.1 Å². The Morgan fingerprint density at radius 2 is 1.59 bits per heavy atom. The van der Waals surface area contributed by atoms with E-state index < -0.39 is 55.6 Å². The van der Waals surface area contributed by atoms with Gasteiger partial charge in [-0.3, -0.25) is 9.59 Å². The van der Waals surface area contributed by atoms with Crippen LogP contribution in [0.15, 0.2) is 24.3 Å². The summed E-state index contributed by atoms with van der Waals surface area (Å²) in [6.45, 7) is -0.734. The molecule has 4 nitrogen and oxygen atoms in total. The molecule has 12 heteroatoms. The van der Waals surface area contributed by atoms with E-state index in [0.717, 1.165) is 5.56 Å². The molecule has 1 rings (SSSR count). The number of halogens is 8. The Bertz CT molecular complexity index is 721. The Morgan fingerprint density at radius 1 is 1.00 bits per heavy atom. The lowest BCUT2D eigenvalue weighted by molar-refractivity contribution is -0.344. The Hall–Kier alpha value is -2.40. The zero-order valence-electron chi connectivity index (χ0n) is 14.9. The number of carbonyl (C=O) groups is 2. The molecule has 164 valence electrons. The molecule has 0 saturated heterocycles. The van der Waals surface area contributed by atoms with E-state index in [1.54, 1.807) is 12.1 Å². The molecule has 0 radical (unpaired) electrons. The van der Waals surface area contributed by atoms with Gasteiger partial charge in [0, 0.05) is 0 Å². The van der Waals surface area contributed by atoms with Crippen LogP contribution < -0.4 is 4.74 Å². The number of esters is 2. The lowest BCUT2D eigenvalue weighted by Crippen LogP contribution is -2.59. The van der Waals surface area contributed by atoms with Gasteiger partial charge in [0.2, 0.25) is 0 Å². The van der Waals surface area contributed by atoms with Crippen molar-refractivity contribution in [2.45, 2.75) is 50.4 Å². The van der Waals surface area contributed by atoms with E-state index in [1.807, 2.05) is 6.92 Å². The van der Waals surface area contributed by atoms with Gasteiger partial charge in [-0.15, -0.1) is 0 Å². The summed E-state index contributed by atoms with van der Waals surface area (Å²) in [4.78, 5) is 22.9. The van der Waals surface area contributed by atoms with Crippen LogP contribution in [0.1, 0.15) is 25.3 Å². The molecule has 0 aliphatic rings. The fraction of sp³-hybridized carbons (Fsp3) is 0.529. The highest BCUT2D eigenvalue weighted by Gasteiger charge is 2.75. The second-order valence-electron chi connectivity index (χ2n) is 5.84. The maximum Gasteiger partial charge on any atom is 0.381 e. The number of aryl methyl sites for hydroxylation is 1. The summed E-state index contributed by atoms with van der Waals surface area (Å²) in [6, 6.07) is 6.30. The number of benzene rings is 1. The molecule has 0 heterocycles. The van der Waals surface area contributed by atoms with Crippen LogP contribution in [0, 0.1) is 0 Å². The molecule has 0 spiro atoms. The highest BCUT2D eigenvalue weighted by atomic mass is 19.4. The van der Waals surface area contributed by atoms with Gasteiger partial charge in [0.05, 0.1) is 12.8 Å². The number of ether oxygens (including phenoxy) is 2. The van der Waals surface area contributed by atoms with Crippen molar-refractivity contribution in [1.29, 1.82) is 0 Å². The minimum atomic E-state index is -6.47. The summed E-state index contributed by atoms with van der Waals surface area (Å²) in [5.74, 6) is -21.0. The summed E-state index contributed by atoms with van der Waals surface area (Å²) in [5, 5.41) is 0. The van der Waals surface area contributed by atoms with Gasteiger partial charge in [-0.2, -0.15) is 26.3 Å². The Balaban J connectivity index is 2.56. The largest absolute Gasteiger partial charge is 0.459 e. The molecule has 0 aliphatic carbocycles. The van der Waals surface area contributed by atoms with E-state index in [2.05, 4.69) is 4.74 Å². The highest BCUT2D eigenvalue weighted by molar-refractivity contribution is 5.79. The number of alkyl halides is 8. The van der Waals surface area contributed by atoms with Crippen LogP contribution >= 0.6 is 0 Å². The lowest BCUT2D eigenvalue weighted by Gasteiger charge is -2.31. The zero-order valence-corrected chi connectivity index (χ0v) is 14.9. The van der Waals surface area contributed by atoms with Crippen LogP contribution in [0.4, 0.5) is 35.1 Å². The fourth-order valence-corrected chi connectivity index (χ4v) is 1.93. The molecule has 0 fully saturated rings. The molecule has 29 heavy (non-hydrogen) atoms. The van der Waals surface area contributed by atoms with Crippen LogP contribution in [0.5, 0.6) is 5.75 Å². The summed E-state index contributed by atoms with van der Waals surface area (Å²) < 4.78 is 110. The Kier molecular flexibility index (Phi) is 7.98. The third kappa shape index (κ3) is 6.04. The van der Waals surface area contributed by atoms with Gasteiger partial charge in [-0.25, -0.2) is 8.78 Å². The highest BCUT2D eigenvalue weighted by Crippen LogP contribution is 2.48. The van der Waals surface area contributed by atoms with Crippen molar-refractivity contribution in [3.05, 3.63) is 29.8 Å². The zero-order chi connectivity index (χ0) is 22.5. The Labute approximate surface area is 159 Å². The van der Waals surface area contributed by atoms with E-state index in [0.29, 0.717) is 6.42 Å². The van der Waals surface area contributed by atoms with Crippen molar-refractivity contribution >= 4 is 11.9 Å². The molecular formula is C17H16F8O4. The number of rotatable bonds is 10. The van der Waals surface area contributed by atoms with E-state index in [1.165, 1.54) is 12.1 Å². The van der Waals surface area contributed by atoms with Gasteiger partial charge in [-0.1, -0.05) is 19.1 Å². The second kappa shape index (κ2) is 9.40. The van der Waals surface area contributed by atoms with Crippen molar-refractivity contribution in [3.63, 3.8) is 0 Å². The maximum atomic E-state index is 13.2. The van der Waals surface area contributed by atoms with Crippen LogP contribution in [0.2, 0.25) is 0 Å². The van der Waals surface area contributed by atoms with Gasteiger partial charge < -0.3 is 9.47 Å². The quantitative estimate of drug-likeness (QED) is 0.305. The average Bonchev–Trinajstić information content (AvgIpc) is 2.64. The standard InChI is InChI=1S/C17H16F8O4/c1-2-10-4-3-5-11(8-10)29-13(27)7-6-12(26)28-9-15(20,21)17(24,25)16(22,23)14(18)19/h3-5,8,14H,2,6-7,9H2,1H3. The first kappa shape index (κ1) is 24.6. The summed E-state index contributed by atoms with van der Waals surface area (Å²) >= 11 is 0. The van der Waals surface area contributed by atoms with E-state index in [-0.39, 0.29) is 5.75 Å². The molecule has 0 aromatic heterocycles. The van der Waals surface area contributed by atoms with Crippen molar-refractivity contribution in [2.75, 3.05) is 6.61 Å². The topological polar surface area (TPSA) is 52.6 Å². The maximum absolute atomic E-state index is 13.2. The molecule has 0 saturated carbocycles. The molecule has 0 unspecified atom stereocenters. The smallest absolute Gasteiger partial charge is 0.381 e. The summed E-state index contributed by atoms with van der Waals surface area (Å²) in [5.41, 5.74) is 0.832. The first-order valence-electron chi connectivity index (χ1n) is 8.11. The monoisotopic (exact) mass is 436 g/mol. The van der Waals surface area contributed by atoms with Crippen molar-refractivity contribution < 1.29 is 54.2 Å². The molecule has 1 aromatic carbocycles. The third-order valence-corrected chi connectivity index (χ3v) is 3.64. The van der Waals surface area contributed by atoms with Gasteiger partial charge in [-0.05, 0) is 24.1 Å². The molecule has 0 atom stereocenters. The third-order valence-electron chi connectivity index (χ3n) is 3.64. The van der Waals surface area contributed by atoms with Crippen LogP contribution in [0.25, 0.3) is 0 Å². The molecule has 0 bridgehead atoms. The minimum absolute atomic E-state index is 0.142. The number of hydrogen-bond donors (Lipinski definition) is 0. The van der Waals surface area contributed by atoms with Gasteiger partial charge in [0.25, 0.3) is 0 Å². The first-order valence-corrected chi connectivity index (χ1v) is 8.11.